The fourth-order valence-corrected chi connectivity index (χ4v) is 3.57. The Kier molecular flexibility index (Phi) is 8.55. The van der Waals surface area contributed by atoms with Crippen molar-refractivity contribution in [2.75, 3.05) is 32.1 Å². The number of nitrogens with zero attached hydrogens (tertiary/aromatic N) is 5. The Morgan fingerprint density at radius 2 is 1.86 bits per heavy atom. The van der Waals surface area contributed by atoms with Gasteiger partial charge >= 0.3 is 0 Å². The molecule has 0 saturated carbocycles. The summed E-state index contributed by atoms with van der Waals surface area (Å²) >= 11 is 0. The van der Waals surface area contributed by atoms with Crippen LogP contribution in [0.4, 0.5) is 5.69 Å². The number of aromatic nitrogens is 2. The fourth-order valence-electron chi connectivity index (χ4n) is 3.57. The van der Waals surface area contributed by atoms with Crippen molar-refractivity contribution in [2.45, 2.75) is 32.9 Å². The van der Waals surface area contributed by atoms with E-state index in [9.17, 15) is 0 Å². The molecule has 1 N–H and O–H groups in total. The summed E-state index contributed by atoms with van der Waals surface area (Å²) < 4.78 is 1.89. The molecule has 0 atom stereocenters. The summed E-state index contributed by atoms with van der Waals surface area (Å²) in [6.07, 6.45) is 6.52. The number of benzene rings is 1. The van der Waals surface area contributed by atoms with Crippen LogP contribution in [0.5, 0.6) is 0 Å². The van der Waals surface area contributed by atoms with Crippen LogP contribution in [0.3, 0.4) is 0 Å². The molecule has 2 heterocycles. The second-order valence-corrected chi connectivity index (χ2v) is 7.67. The zero-order valence-electron chi connectivity index (χ0n) is 18.1. The lowest BCUT2D eigenvalue weighted by Crippen LogP contribution is -2.38. The molecular formula is C22H33IN6. The molecule has 0 amide bonds. The lowest BCUT2D eigenvalue weighted by molar-refractivity contribution is 0.473. The van der Waals surface area contributed by atoms with Crippen molar-refractivity contribution >= 4 is 35.6 Å². The number of hydrogen-bond donors (Lipinski definition) is 1. The first-order valence-corrected chi connectivity index (χ1v) is 9.91. The molecule has 3 rings (SSSR count). The van der Waals surface area contributed by atoms with Gasteiger partial charge in [0.15, 0.2) is 5.96 Å². The van der Waals surface area contributed by atoms with E-state index in [2.05, 4.69) is 88.7 Å². The molecule has 1 aliphatic heterocycles. The molecule has 0 radical (unpaired) electrons. The predicted octanol–water partition coefficient (Wildman–Crippen LogP) is 3.75. The van der Waals surface area contributed by atoms with Gasteiger partial charge < -0.3 is 15.1 Å². The van der Waals surface area contributed by atoms with E-state index in [4.69, 9.17) is 0 Å². The molecule has 7 heteroatoms. The summed E-state index contributed by atoms with van der Waals surface area (Å²) in [5.41, 5.74) is 4.91. The Bertz CT molecular complexity index is 829. The van der Waals surface area contributed by atoms with Crippen LogP contribution in [-0.2, 0) is 20.1 Å². The second-order valence-electron chi connectivity index (χ2n) is 7.67. The van der Waals surface area contributed by atoms with Crippen LogP contribution in [0.2, 0.25) is 0 Å². The van der Waals surface area contributed by atoms with E-state index in [1.54, 1.807) is 0 Å². The molecule has 0 bridgehead atoms. The summed E-state index contributed by atoms with van der Waals surface area (Å²) in [6, 6.07) is 8.76. The zero-order valence-corrected chi connectivity index (χ0v) is 20.4. The molecule has 0 saturated heterocycles. The lowest BCUT2D eigenvalue weighted by Gasteiger charge is -2.23. The van der Waals surface area contributed by atoms with Crippen LogP contribution in [0.25, 0.3) is 0 Å². The number of guanidine groups is 1. The maximum Gasteiger partial charge on any atom is 0.193 e. The molecular weight excluding hydrogens is 475 g/mol. The van der Waals surface area contributed by atoms with Crippen LogP contribution < -0.4 is 10.2 Å². The smallest absolute Gasteiger partial charge is 0.193 e. The number of aliphatic imine (C=N–C) groups is 1. The third kappa shape index (κ3) is 5.98. The molecule has 0 spiro atoms. The van der Waals surface area contributed by atoms with Gasteiger partial charge in [-0.3, -0.25) is 9.67 Å². The van der Waals surface area contributed by atoms with Crippen molar-refractivity contribution in [3.05, 3.63) is 59.4 Å². The van der Waals surface area contributed by atoms with Gasteiger partial charge in [-0.25, -0.2) is 0 Å². The summed E-state index contributed by atoms with van der Waals surface area (Å²) in [4.78, 5) is 8.95. The van der Waals surface area contributed by atoms with Crippen LogP contribution in [0.15, 0.2) is 47.6 Å². The number of nitrogens with one attached hydrogen (secondary N) is 1. The van der Waals surface area contributed by atoms with E-state index >= 15 is 0 Å². The Labute approximate surface area is 191 Å². The van der Waals surface area contributed by atoms with Gasteiger partial charge in [0.1, 0.15) is 0 Å². The Morgan fingerprint density at radius 3 is 2.45 bits per heavy atom. The Morgan fingerprint density at radius 1 is 1.21 bits per heavy atom. The Balaban J connectivity index is 0.00000300. The average molecular weight is 508 g/mol. The van der Waals surface area contributed by atoms with E-state index in [1.165, 1.54) is 16.8 Å². The predicted molar refractivity (Wildman–Crippen MR) is 132 cm³/mol. The van der Waals surface area contributed by atoms with Gasteiger partial charge in [0.2, 0.25) is 0 Å². The van der Waals surface area contributed by atoms with Crippen molar-refractivity contribution in [3.8, 4) is 0 Å². The molecule has 0 fully saturated rings. The highest BCUT2D eigenvalue weighted by Crippen LogP contribution is 2.19. The van der Waals surface area contributed by atoms with E-state index in [0.717, 1.165) is 37.8 Å². The van der Waals surface area contributed by atoms with Gasteiger partial charge in [-0.15, -0.1) is 24.0 Å². The maximum absolute atomic E-state index is 4.60. The van der Waals surface area contributed by atoms with Crippen LogP contribution >= 0.6 is 24.0 Å². The molecule has 2 aromatic rings. The minimum atomic E-state index is 0. The fraction of sp³-hybridized carbons (Fsp3) is 0.455. The van der Waals surface area contributed by atoms with Gasteiger partial charge in [-0.2, -0.15) is 5.10 Å². The molecule has 29 heavy (non-hydrogen) atoms. The third-order valence-corrected chi connectivity index (χ3v) is 5.04. The zero-order chi connectivity index (χ0) is 20.1. The van der Waals surface area contributed by atoms with Crippen molar-refractivity contribution in [2.24, 2.45) is 12.0 Å². The monoisotopic (exact) mass is 508 g/mol. The number of halogens is 1. The molecule has 6 nitrogen and oxygen atoms in total. The normalized spacial score (nSPS) is 13.7. The minimum absolute atomic E-state index is 0. The van der Waals surface area contributed by atoms with Crippen molar-refractivity contribution in [3.63, 3.8) is 0 Å². The number of aryl methyl sites for hydroxylation is 1. The molecule has 1 aliphatic rings. The summed E-state index contributed by atoms with van der Waals surface area (Å²) in [5, 5.41) is 8.08. The standard InChI is InChI=1S/C22H32N6.HI/c1-17(2)21-19(16-27(5)25-21)15-26(4)22(23-3)24-14-18-8-10-20(11-9-18)28-12-6-7-13-28;/h6-11,16-17H,12-15H2,1-5H3,(H,23,24);1H. The highest BCUT2D eigenvalue weighted by Gasteiger charge is 2.15. The van der Waals surface area contributed by atoms with Crippen LogP contribution in [0, 0.1) is 0 Å². The quantitative estimate of drug-likeness (QED) is 0.280. The van der Waals surface area contributed by atoms with E-state index in [-0.39, 0.29) is 24.0 Å². The van der Waals surface area contributed by atoms with Crippen LogP contribution in [-0.4, -0.2) is 47.8 Å². The van der Waals surface area contributed by atoms with E-state index in [0.29, 0.717) is 5.92 Å². The Hall–Kier alpha value is -2.03. The topological polar surface area (TPSA) is 48.7 Å². The summed E-state index contributed by atoms with van der Waals surface area (Å²) in [5.74, 6) is 1.29. The first-order valence-electron chi connectivity index (χ1n) is 9.91. The van der Waals surface area contributed by atoms with E-state index < -0.39 is 0 Å². The van der Waals surface area contributed by atoms with Crippen molar-refractivity contribution < 1.29 is 0 Å². The van der Waals surface area contributed by atoms with Gasteiger partial charge in [-0.1, -0.05) is 38.1 Å². The molecule has 0 unspecified atom stereocenters. The highest BCUT2D eigenvalue weighted by atomic mass is 127. The lowest BCUT2D eigenvalue weighted by atomic mass is 10.1. The number of anilines is 1. The van der Waals surface area contributed by atoms with Crippen molar-refractivity contribution in [1.82, 2.24) is 20.0 Å². The molecule has 1 aromatic carbocycles. The number of rotatable bonds is 6. The third-order valence-electron chi connectivity index (χ3n) is 5.04. The first-order chi connectivity index (χ1) is 13.5. The summed E-state index contributed by atoms with van der Waals surface area (Å²) in [6.45, 7) is 7.90. The van der Waals surface area contributed by atoms with E-state index in [1.807, 2.05) is 18.8 Å². The SMILES string of the molecule is CN=C(NCc1ccc(N2CC=CC2)cc1)N(C)Cc1cn(C)nc1C(C)C.I. The molecule has 1 aromatic heterocycles. The largest absolute Gasteiger partial charge is 0.364 e. The van der Waals surface area contributed by atoms with Crippen LogP contribution in [0.1, 0.15) is 36.6 Å². The van der Waals surface area contributed by atoms with Gasteiger partial charge in [0.05, 0.1) is 5.69 Å². The first kappa shape index (κ1) is 23.3. The van der Waals surface area contributed by atoms with Gasteiger partial charge in [0, 0.05) is 64.8 Å². The second kappa shape index (κ2) is 10.7. The molecule has 158 valence electrons. The van der Waals surface area contributed by atoms with Crippen molar-refractivity contribution in [1.29, 1.82) is 0 Å². The highest BCUT2D eigenvalue weighted by molar-refractivity contribution is 14.0. The molecule has 0 aliphatic carbocycles. The average Bonchev–Trinajstić information content (AvgIpc) is 3.33. The minimum Gasteiger partial charge on any atom is -0.364 e. The number of hydrogen-bond acceptors (Lipinski definition) is 3. The van der Waals surface area contributed by atoms with Gasteiger partial charge in [0.25, 0.3) is 0 Å². The van der Waals surface area contributed by atoms with Gasteiger partial charge in [-0.05, 0) is 23.6 Å². The maximum atomic E-state index is 4.60. The summed E-state index contributed by atoms with van der Waals surface area (Å²) in [7, 11) is 5.87.